The fourth-order valence-corrected chi connectivity index (χ4v) is 3.73. The second kappa shape index (κ2) is 6.82. The van der Waals surface area contributed by atoms with Crippen LogP contribution >= 0.6 is 15.9 Å². The molecule has 0 bridgehead atoms. The number of rotatable bonds is 3. The van der Waals surface area contributed by atoms with Crippen LogP contribution < -0.4 is 10.2 Å². The first-order chi connectivity index (χ1) is 10.6. The number of hydrogen-bond donors (Lipinski definition) is 1. The molecule has 1 heterocycles. The molecule has 1 aromatic carbocycles. The van der Waals surface area contributed by atoms with Crippen molar-refractivity contribution in [3.8, 4) is 0 Å². The number of anilines is 1. The number of nitrogens with one attached hydrogen (secondary N) is 1. The normalized spacial score (nSPS) is 22.9. The minimum atomic E-state index is -0.228. The number of halogens is 1. The van der Waals surface area contributed by atoms with Gasteiger partial charge in [0.2, 0.25) is 11.8 Å². The Kier molecular flexibility index (Phi) is 4.81. The maximum atomic E-state index is 12.4. The number of carbonyl (C=O) groups is 2. The largest absolute Gasteiger partial charge is 0.353 e. The fourth-order valence-electron chi connectivity index (χ4n) is 3.34. The smallest absolute Gasteiger partial charge is 0.227 e. The van der Waals surface area contributed by atoms with E-state index in [2.05, 4.69) is 21.2 Å². The summed E-state index contributed by atoms with van der Waals surface area (Å²) in [5.41, 5.74) is 0.854. The van der Waals surface area contributed by atoms with Crippen LogP contribution in [-0.4, -0.2) is 24.4 Å². The molecule has 2 fully saturated rings. The molecule has 4 nitrogen and oxygen atoms in total. The Labute approximate surface area is 139 Å². The summed E-state index contributed by atoms with van der Waals surface area (Å²) in [6.07, 6.45) is 6.11. The third-order valence-electron chi connectivity index (χ3n) is 4.57. The molecule has 1 unspecified atom stereocenters. The van der Waals surface area contributed by atoms with Gasteiger partial charge in [-0.3, -0.25) is 9.59 Å². The average molecular weight is 365 g/mol. The maximum Gasteiger partial charge on any atom is 0.227 e. The van der Waals surface area contributed by atoms with Gasteiger partial charge >= 0.3 is 0 Å². The summed E-state index contributed by atoms with van der Waals surface area (Å²) >= 11 is 3.42. The summed E-state index contributed by atoms with van der Waals surface area (Å²) in [5, 5.41) is 3.14. The highest BCUT2D eigenvalue weighted by molar-refractivity contribution is 9.10. The Morgan fingerprint density at radius 2 is 2.00 bits per heavy atom. The molecule has 22 heavy (non-hydrogen) atoms. The molecule has 0 spiro atoms. The molecule has 118 valence electrons. The van der Waals surface area contributed by atoms with E-state index >= 15 is 0 Å². The molecule has 0 radical (unpaired) electrons. The number of benzene rings is 1. The fraction of sp³-hybridized carbons (Fsp3) is 0.529. The Bertz CT molecular complexity index is 570. The van der Waals surface area contributed by atoms with E-state index in [1.54, 1.807) is 4.90 Å². The van der Waals surface area contributed by atoms with E-state index in [4.69, 9.17) is 0 Å². The lowest BCUT2D eigenvalue weighted by atomic mass is 9.95. The van der Waals surface area contributed by atoms with Crippen molar-refractivity contribution < 1.29 is 9.59 Å². The van der Waals surface area contributed by atoms with Crippen LogP contribution in [0.15, 0.2) is 28.7 Å². The summed E-state index contributed by atoms with van der Waals surface area (Å²) in [6, 6.07) is 7.96. The van der Waals surface area contributed by atoms with Crippen LogP contribution in [0.1, 0.15) is 38.5 Å². The van der Waals surface area contributed by atoms with Crippen molar-refractivity contribution in [2.75, 3.05) is 11.4 Å². The summed E-state index contributed by atoms with van der Waals surface area (Å²) in [6.45, 7) is 0.480. The highest BCUT2D eigenvalue weighted by Crippen LogP contribution is 2.28. The molecular formula is C17H21BrN2O2. The molecule has 1 N–H and O–H groups in total. The van der Waals surface area contributed by atoms with Gasteiger partial charge in [0.05, 0.1) is 5.92 Å². The molecule has 2 aliphatic rings. The van der Waals surface area contributed by atoms with E-state index in [1.807, 2.05) is 24.3 Å². The van der Waals surface area contributed by atoms with Crippen molar-refractivity contribution in [1.29, 1.82) is 0 Å². The second-order valence-electron chi connectivity index (χ2n) is 6.23. The molecule has 1 saturated heterocycles. The number of carbonyl (C=O) groups excluding carboxylic acids is 2. The molecule has 1 aliphatic heterocycles. The molecule has 1 saturated carbocycles. The summed E-state index contributed by atoms with van der Waals surface area (Å²) in [5.74, 6) is -0.159. The van der Waals surface area contributed by atoms with Crippen molar-refractivity contribution in [2.24, 2.45) is 5.92 Å². The van der Waals surface area contributed by atoms with Crippen molar-refractivity contribution in [3.05, 3.63) is 28.7 Å². The van der Waals surface area contributed by atoms with Crippen LogP contribution in [0.4, 0.5) is 5.69 Å². The Morgan fingerprint density at radius 3 is 2.73 bits per heavy atom. The van der Waals surface area contributed by atoms with Crippen molar-refractivity contribution in [2.45, 2.75) is 44.6 Å². The minimum Gasteiger partial charge on any atom is -0.353 e. The van der Waals surface area contributed by atoms with Gasteiger partial charge in [-0.15, -0.1) is 0 Å². The van der Waals surface area contributed by atoms with Crippen LogP contribution in [0.2, 0.25) is 0 Å². The van der Waals surface area contributed by atoms with Crippen molar-refractivity contribution in [3.63, 3.8) is 0 Å². The van der Waals surface area contributed by atoms with Gasteiger partial charge in [-0.2, -0.15) is 0 Å². The van der Waals surface area contributed by atoms with Gasteiger partial charge in [-0.05, 0) is 31.0 Å². The molecule has 2 amide bonds. The number of hydrogen-bond acceptors (Lipinski definition) is 2. The minimum absolute atomic E-state index is 0.0295. The van der Waals surface area contributed by atoms with Crippen LogP contribution in [-0.2, 0) is 9.59 Å². The van der Waals surface area contributed by atoms with E-state index in [-0.39, 0.29) is 17.7 Å². The second-order valence-corrected chi connectivity index (χ2v) is 7.14. The first-order valence-electron chi connectivity index (χ1n) is 8.00. The number of nitrogens with zero attached hydrogens (tertiary/aromatic N) is 1. The highest BCUT2D eigenvalue weighted by Gasteiger charge is 2.35. The predicted octanol–water partition coefficient (Wildman–Crippen LogP) is 3.25. The zero-order valence-corrected chi connectivity index (χ0v) is 14.1. The lowest BCUT2D eigenvalue weighted by molar-refractivity contribution is -0.127. The topological polar surface area (TPSA) is 49.4 Å². The first-order valence-corrected chi connectivity index (χ1v) is 8.79. The van der Waals surface area contributed by atoms with Gasteiger partial charge in [0.15, 0.2) is 0 Å². The van der Waals surface area contributed by atoms with Gasteiger partial charge in [-0.1, -0.05) is 41.3 Å². The van der Waals surface area contributed by atoms with Crippen LogP contribution in [0, 0.1) is 5.92 Å². The monoisotopic (exact) mass is 364 g/mol. The summed E-state index contributed by atoms with van der Waals surface area (Å²) in [4.78, 5) is 26.3. The lowest BCUT2D eigenvalue weighted by Gasteiger charge is -2.24. The van der Waals surface area contributed by atoms with E-state index in [9.17, 15) is 9.59 Å². The standard InChI is InChI=1S/C17H21BrN2O2/c18-13-5-4-8-15(10-13)20-11-12(9-16(20)21)17(22)19-14-6-2-1-3-7-14/h4-5,8,10,12,14H,1-3,6-7,9,11H2,(H,19,22). The van der Waals surface area contributed by atoms with E-state index in [0.29, 0.717) is 19.0 Å². The van der Waals surface area contributed by atoms with Crippen LogP contribution in [0.3, 0.4) is 0 Å². The summed E-state index contributed by atoms with van der Waals surface area (Å²) in [7, 11) is 0. The summed E-state index contributed by atoms with van der Waals surface area (Å²) < 4.78 is 0.938. The van der Waals surface area contributed by atoms with Gasteiger partial charge < -0.3 is 10.2 Å². The van der Waals surface area contributed by atoms with E-state index < -0.39 is 0 Å². The number of amides is 2. The Morgan fingerprint density at radius 1 is 1.23 bits per heavy atom. The van der Waals surface area contributed by atoms with Gasteiger partial charge in [-0.25, -0.2) is 0 Å². The molecule has 1 atom stereocenters. The maximum absolute atomic E-state index is 12.4. The quantitative estimate of drug-likeness (QED) is 0.894. The first kappa shape index (κ1) is 15.5. The zero-order valence-electron chi connectivity index (χ0n) is 12.6. The molecule has 3 rings (SSSR count). The van der Waals surface area contributed by atoms with E-state index in [0.717, 1.165) is 23.0 Å². The van der Waals surface area contributed by atoms with Crippen molar-refractivity contribution in [1.82, 2.24) is 5.32 Å². The highest BCUT2D eigenvalue weighted by atomic mass is 79.9. The SMILES string of the molecule is O=C(NC1CCCCC1)C1CC(=O)N(c2cccc(Br)c2)C1. The van der Waals surface area contributed by atoms with Gasteiger partial charge in [0.1, 0.15) is 0 Å². The zero-order chi connectivity index (χ0) is 15.5. The molecule has 1 aromatic rings. The molecular weight excluding hydrogens is 344 g/mol. The average Bonchev–Trinajstić information content (AvgIpc) is 2.90. The molecule has 0 aromatic heterocycles. The lowest BCUT2D eigenvalue weighted by Crippen LogP contribution is -2.40. The Balaban J connectivity index is 1.62. The Hall–Kier alpha value is -1.36. The van der Waals surface area contributed by atoms with E-state index in [1.165, 1.54) is 19.3 Å². The predicted molar refractivity (Wildman–Crippen MR) is 89.6 cm³/mol. The van der Waals surface area contributed by atoms with Gasteiger partial charge in [0, 0.05) is 29.2 Å². The van der Waals surface area contributed by atoms with Gasteiger partial charge in [0.25, 0.3) is 0 Å². The third-order valence-corrected chi connectivity index (χ3v) is 5.06. The van der Waals surface area contributed by atoms with Crippen LogP contribution in [0.5, 0.6) is 0 Å². The third kappa shape index (κ3) is 3.51. The molecule has 1 aliphatic carbocycles. The van der Waals surface area contributed by atoms with Crippen molar-refractivity contribution >= 4 is 33.4 Å². The molecule has 5 heteroatoms. The van der Waals surface area contributed by atoms with Crippen LogP contribution in [0.25, 0.3) is 0 Å².